The second kappa shape index (κ2) is 4.32. The first-order valence-corrected chi connectivity index (χ1v) is 3.69. The van der Waals surface area contributed by atoms with Gasteiger partial charge >= 0.3 is 84.7 Å². The van der Waals surface area contributed by atoms with Gasteiger partial charge in [0.05, 0.1) is 0 Å². The Morgan fingerprint density at radius 1 is 1.14 bits per heavy atom. The molecule has 0 amide bonds. The van der Waals surface area contributed by atoms with Gasteiger partial charge in [-0.05, 0) is 0 Å². The van der Waals surface area contributed by atoms with Gasteiger partial charge in [0.1, 0.15) is 0 Å². The number of aliphatic carboxylic acids is 3. The quantitative estimate of drug-likeness (QED) is 0.415. The first kappa shape index (κ1) is 12.8. The zero-order chi connectivity index (χ0) is 11.5. The summed E-state index contributed by atoms with van der Waals surface area (Å²) in [6.45, 7) is 0. The zero-order valence-electron chi connectivity index (χ0n) is 6.57. The van der Waals surface area contributed by atoms with E-state index >= 15 is 0 Å². The van der Waals surface area contributed by atoms with Gasteiger partial charge in [-0.2, -0.15) is 0 Å². The summed E-state index contributed by atoms with van der Waals surface area (Å²) in [5, 5.41) is 34.3. The normalized spacial score (nSPS) is 14.1. The Morgan fingerprint density at radius 3 is 1.79 bits per heavy atom. The van der Waals surface area contributed by atoms with Crippen LogP contribution >= 0.6 is 0 Å². The van der Waals surface area contributed by atoms with Crippen LogP contribution in [0.5, 0.6) is 0 Å². The molecule has 14 heavy (non-hydrogen) atoms. The van der Waals surface area contributed by atoms with Crippen LogP contribution < -0.4 is 0 Å². The molecule has 0 aliphatic carbocycles. The number of carboxylic acid groups (broad SMARTS) is 3. The number of hydrogen-bond donors (Lipinski definition) is 4. The molecule has 0 aliphatic rings. The van der Waals surface area contributed by atoms with Gasteiger partial charge in [-0.3, -0.25) is 0 Å². The Morgan fingerprint density at radius 2 is 1.57 bits per heavy atom. The standard InChI is InChI=1S/C6H6O7.Fe/c7-3(8)1-6(13,5(11)12)2-4(9)10;/h13H,1H2,(H,7,8)(H,9,10)(H,11,12);. The molecule has 1 atom stereocenters. The molecule has 0 aromatic rings. The maximum absolute atomic E-state index is 10.5. The fourth-order valence-corrected chi connectivity index (χ4v) is 0.854. The number of hydrogen-bond acceptors (Lipinski definition) is 4. The van der Waals surface area contributed by atoms with Crippen LogP contribution in [0.4, 0.5) is 0 Å². The summed E-state index contributed by atoms with van der Waals surface area (Å²) >= 11 is 2.81. The Balaban J connectivity index is 5.10. The van der Waals surface area contributed by atoms with Crippen molar-refractivity contribution in [3.05, 3.63) is 0 Å². The predicted molar refractivity (Wildman–Crippen MR) is 37.5 cm³/mol. The molecule has 4 N–H and O–H groups in total. The van der Waals surface area contributed by atoms with E-state index in [0.717, 1.165) is 0 Å². The third-order valence-electron chi connectivity index (χ3n) is 1.30. The average Bonchev–Trinajstić information content (AvgIpc) is 2.00. The summed E-state index contributed by atoms with van der Waals surface area (Å²) in [6, 6.07) is 0. The molecule has 8 heteroatoms. The summed E-state index contributed by atoms with van der Waals surface area (Å²) in [4.78, 5) is 31.0. The summed E-state index contributed by atoms with van der Waals surface area (Å²) in [7, 11) is 0. The second-order valence-electron chi connectivity index (χ2n) is 2.34. The van der Waals surface area contributed by atoms with Gasteiger partial charge in [0, 0.05) is 0 Å². The van der Waals surface area contributed by atoms with E-state index in [2.05, 4.69) is 15.6 Å². The topological polar surface area (TPSA) is 132 Å². The fourth-order valence-electron chi connectivity index (χ4n) is 0.638. The van der Waals surface area contributed by atoms with Gasteiger partial charge in [0.25, 0.3) is 0 Å². The van der Waals surface area contributed by atoms with Crippen LogP contribution in [0, 0.1) is 0 Å². The molecular weight excluding hydrogens is 240 g/mol. The average molecular weight is 246 g/mol. The van der Waals surface area contributed by atoms with Gasteiger partial charge in [0.2, 0.25) is 0 Å². The molecular formula is C6H6FeO7. The van der Waals surface area contributed by atoms with E-state index in [1.165, 1.54) is 0 Å². The van der Waals surface area contributed by atoms with Crippen LogP contribution in [-0.4, -0.2) is 48.4 Å². The van der Waals surface area contributed by atoms with Gasteiger partial charge in [-0.1, -0.05) is 0 Å². The monoisotopic (exact) mass is 246 g/mol. The Kier molecular flexibility index (Phi) is 3.93. The van der Waals surface area contributed by atoms with Crippen molar-refractivity contribution < 1.29 is 50.4 Å². The number of carboxylic acids is 3. The van der Waals surface area contributed by atoms with Crippen molar-refractivity contribution in [3.8, 4) is 0 Å². The van der Waals surface area contributed by atoms with E-state index in [1.54, 1.807) is 0 Å². The molecule has 80 valence electrons. The first-order valence-electron chi connectivity index (χ1n) is 3.14. The molecule has 0 aliphatic heterocycles. The minimum absolute atomic E-state index is 1.09. The summed E-state index contributed by atoms with van der Waals surface area (Å²) in [5.74, 6) is -5.37. The molecule has 7 nitrogen and oxygen atoms in total. The fraction of sp³-hybridized carbons (Fsp3) is 0.333. The van der Waals surface area contributed by atoms with Crippen LogP contribution in [-0.2, 0) is 30.0 Å². The number of carbonyl (C=O) groups is 3. The van der Waals surface area contributed by atoms with E-state index in [1.807, 2.05) is 0 Å². The summed E-state index contributed by atoms with van der Waals surface area (Å²) < 4.78 is -1.09. The molecule has 0 saturated carbocycles. The van der Waals surface area contributed by atoms with E-state index in [0.29, 0.717) is 0 Å². The maximum atomic E-state index is 10.5. The van der Waals surface area contributed by atoms with Crippen LogP contribution in [0.25, 0.3) is 0 Å². The minimum atomic E-state index is -2.97. The van der Waals surface area contributed by atoms with Crippen molar-refractivity contribution in [1.29, 1.82) is 0 Å². The molecule has 1 unspecified atom stereocenters. The Labute approximate surface area is 85.3 Å². The zero-order valence-corrected chi connectivity index (χ0v) is 7.68. The third-order valence-corrected chi connectivity index (χ3v) is 1.99. The number of aliphatic hydroxyl groups is 1. The van der Waals surface area contributed by atoms with Crippen molar-refractivity contribution in [2.75, 3.05) is 0 Å². The van der Waals surface area contributed by atoms with E-state index < -0.39 is 34.3 Å². The van der Waals surface area contributed by atoms with Crippen molar-refractivity contribution in [2.24, 2.45) is 0 Å². The molecule has 0 bridgehead atoms. The molecule has 0 heterocycles. The SMILES string of the molecule is O=C(O)CC(O)(C(=O)O)[C](=[Fe])C(=O)O. The third kappa shape index (κ3) is 2.62. The van der Waals surface area contributed by atoms with Gasteiger partial charge in [-0.25, -0.2) is 0 Å². The summed E-state index contributed by atoms with van der Waals surface area (Å²) in [5.41, 5.74) is -2.97. The van der Waals surface area contributed by atoms with Crippen molar-refractivity contribution >= 4 is 22.3 Å². The first-order chi connectivity index (χ1) is 6.21. The Hall–Kier alpha value is -1.24. The molecule has 0 spiro atoms. The molecule has 0 rings (SSSR count). The van der Waals surface area contributed by atoms with Crippen LogP contribution in [0.2, 0.25) is 0 Å². The molecule has 0 aromatic heterocycles. The molecule has 0 aromatic carbocycles. The molecule has 0 fully saturated rings. The van der Waals surface area contributed by atoms with Gasteiger partial charge in [-0.15, -0.1) is 0 Å². The predicted octanol–water partition coefficient (Wildman–Crippen LogP) is -1.92. The summed E-state index contributed by atoms with van der Waals surface area (Å²) in [6.07, 6.45) is -1.26. The second-order valence-corrected chi connectivity index (χ2v) is 2.89. The van der Waals surface area contributed by atoms with Crippen molar-refractivity contribution in [3.63, 3.8) is 0 Å². The van der Waals surface area contributed by atoms with E-state index in [4.69, 9.17) is 15.3 Å². The van der Waals surface area contributed by atoms with Crippen LogP contribution in [0.3, 0.4) is 0 Å². The van der Waals surface area contributed by atoms with Crippen LogP contribution in [0.1, 0.15) is 6.42 Å². The van der Waals surface area contributed by atoms with Gasteiger partial charge < -0.3 is 0 Å². The van der Waals surface area contributed by atoms with Crippen molar-refractivity contribution in [1.82, 2.24) is 0 Å². The van der Waals surface area contributed by atoms with E-state index in [-0.39, 0.29) is 0 Å². The van der Waals surface area contributed by atoms with Crippen molar-refractivity contribution in [2.45, 2.75) is 12.0 Å². The van der Waals surface area contributed by atoms with Crippen LogP contribution in [0.15, 0.2) is 0 Å². The molecule has 0 radical (unpaired) electrons. The van der Waals surface area contributed by atoms with E-state index in [9.17, 15) is 19.5 Å². The Bertz CT molecular complexity index is 309. The van der Waals surface area contributed by atoms with Gasteiger partial charge in [0.15, 0.2) is 0 Å². The molecule has 0 saturated heterocycles. The number of rotatable bonds is 5.